The second kappa shape index (κ2) is 8.89. The molecule has 33 heavy (non-hydrogen) atoms. The monoisotopic (exact) mass is 464 g/mol. The van der Waals surface area contributed by atoms with Crippen molar-refractivity contribution in [1.82, 2.24) is 5.16 Å². The van der Waals surface area contributed by atoms with Crippen LogP contribution in [-0.4, -0.2) is 31.8 Å². The number of carbonyl (C=O) groups is 1. The fourth-order valence-corrected chi connectivity index (χ4v) is 4.12. The van der Waals surface area contributed by atoms with Gasteiger partial charge in [0, 0.05) is 17.2 Å². The molecule has 168 valence electrons. The average Bonchev–Trinajstić information content (AvgIpc) is 3.28. The molecule has 3 N–H and O–H groups in total. The second-order valence-corrected chi connectivity index (χ2v) is 8.82. The number of aliphatic carboxylic acids is 1. The van der Waals surface area contributed by atoms with E-state index in [2.05, 4.69) is 5.16 Å². The zero-order valence-electron chi connectivity index (χ0n) is 17.6. The van der Waals surface area contributed by atoms with Crippen molar-refractivity contribution in [3.63, 3.8) is 0 Å². The van der Waals surface area contributed by atoms with Gasteiger partial charge in [0.25, 0.3) is 0 Å². The maximum absolute atomic E-state index is 11.6. The summed E-state index contributed by atoms with van der Waals surface area (Å²) < 4.78 is 34.5. The maximum atomic E-state index is 11.6. The number of sulfonamides is 1. The van der Waals surface area contributed by atoms with Crippen LogP contribution in [0.5, 0.6) is 5.75 Å². The van der Waals surface area contributed by atoms with Crippen molar-refractivity contribution < 1.29 is 27.6 Å². The summed E-state index contributed by atoms with van der Waals surface area (Å²) in [7, 11) is -2.39. The van der Waals surface area contributed by atoms with Crippen LogP contribution in [0.3, 0.4) is 0 Å². The van der Waals surface area contributed by atoms with E-state index >= 15 is 0 Å². The number of methoxy groups -OCH3 is 1. The molecule has 8 nitrogen and oxygen atoms in total. The van der Waals surface area contributed by atoms with Crippen LogP contribution >= 0.6 is 0 Å². The molecule has 4 rings (SSSR count). The third-order valence-corrected chi connectivity index (χ3v) is 6.03. The Kier molecular flexibility index (Phi) is 5.99. The molecule has 0 spiro atoms. The van der Waals surface area contributed by atoms with Crippen LogP contribution in [0, 0.1) is 0 Å². The maximum Gasteiger partial charge on any atom is 0.307 e. The Hall–Kier alpha value is -3.95. The number of aromatic nitrogens is 1. The smallest absolute Gasteiger partial charge is 0.307 e. The van der Waals surface area contributed by atoms with Crippen LogP contribution in [0.25, 0.3) is 33.7 Å². The van der Waals surface area contributed by atoms with Crippen LogP contribution < -0.4 is 9.88 Å². The quantitative estimate of drug-likeness (QED) is 0.423. The summed E-state index contributed by atoms with van der Waals surface area (Å²) in [6.07, 6.45) is -0.250. The lowest BCUT2D eigenvalue weighted by Gasteiger charge is -2.16. The number of rotatable bonds is 7. The molecule has 0 bridgehead atoms. The van der Waals surface area contributed by atoms with Crippen LogP contribution in [0.15, 0.2) is 82.2 Å². The predicted octanol–water partition coefficient (Wildman–Crippen LogP) is 3.96. The number of primary sulfonamides is 1. The Bertz CT molecular complexity index is 1410. The Morgan fingerprint density at radius 2 is 1.73 bits per heavy atom. The van der Waals surface area contributed by atoms with Gasteiger partial charge < -0.3 is 14.4 Å². The van der Waals surface area contributed by atoms with Crippen LogP contribution in [-0.2, 0) is 21.2 Å². The molecule has 3 aromatic carbocycles. The first-order valence-electron chi connectivity index (χ1n) is 9.85. The molecule has 1 aromatic heterocycles. The molecule has 1 heterocycles. The van der Waals surface area contributed by atoms with Crippen molar-refractivity contribution in [3.8, 4) is 39.5 Å². The zero-order chi connectivity index (χ0) is 23.6. The predicted molar refractivity (Wildman–Crippen MR) is 122 cm³/mol. The van der Waals surface area contributed by atoms with Gasteiger partial charge in [0.15, 0.2) is 5.76 Å². The van der Waals surface area contributed by atoms with Gasteiger partial charge in [-0.15, -0.1) is 0 Å². The minimum Gasteiger partial charge on any atom is -0.496 e. The summed E-state index contributed by atoms with van der Waals surface area (Å²) in [6.45, 7) is 0. The fourth-order valence-electron chi connectivity index (χ4n) is 3.61. The van der Waals surface area contributed by atoms with E-state index in [4.69, 9.17) is 14.4 Å². The highest BCUT2D eigenvalue weighted by molar-refractivity contribution is 7.89. The van der Waals surface area contributed by atoms with E-state index in [-0.39, 0.29) is 11.3 Å². The van der Waals surface area contributed by atoms with Gasteiger partial charge in [-0.3, -0.25) is 4.79 Å². The summed E-state index contributed by atoms with van der Waals surface area (Å²) in [5.41, 5.74) is 3.74. The normalized spacial score (nSPS) is 11.3. The third kappa shape index (κ3) is 4.64. The number of carboxylic acids is 1. The molecule has 0 saturated carbocycles. The van der Waals surface area contributed by atoms with Gasteiger partial charge in [0.05, 0.1) is 24.0 Å². The molecule has 0 fully saturated rings. The molecule has 0 radical (unpaired) electrons. The summed E-state index contributed by atoms with van der Waals surface area (Å²) >= 11 is 0. The van der Waals surface area contributed by atoms with E-state index in [0.29, 0.717) is 39.5 Å². The second-order valence-electron chi connectivity index (χ2n) is 7.26. The zero-order valence-corrected chi connectivity index (χ0v) is 18.4. The van der Waals surface area contributed by atoms with E-state index in [1.165, 1.54) is 19.2 Å². The molecular formula is C24H20N2O6S. The van der Waals surface area contributed by atoms with Crippen molar-refractivity contribution in [2.45, 2.75) is 11.3 Å². The van der Waals surface area contributed by atoms with Crippen molar-refractivity contribution in [1.29, 1.82) is 0 Å². The Labute approximate surface area is 190 Å². The number of ether oxygens (including phenoxy) is 1. The van der Waals surface area contributed by atoms with Gasteiger partial charge in [-0.25, -0.2) is 13.6 Å². The van der Waals surface area contributed by atoms with Crippen LogP contribution in [0.4, 0.5) is 0 Å². The first kappa shape index (κ1) is 22.3. The number of hydrogen-bond donors (Lipinski definition) is 2. The van der Waals surface area contributed by atoms with E-state index in [1.807, 2.05) is 30.3 Å². The molecule has 0 aliphatic heterocycles. The highest BCUT2D eigenvalue weighted by atomic mass is 32.2. The molecule has 4 aromatic rings. The van der Waals surface area contributed by atoms with Gasteiger partial charge >= 0.3 is 5.97 Å². The van der Waals surface area contributed by atoms with E-state index in [1.54, 1.807) is 30.3 Å². The highest BCUT2D eigenvalue weighted by Gasteiger charge is 2.22. The molecular weight excluding hydrogens is 444 g/mol. The third-order valence-electron chi connectivity index (χ3n) is 5.10. The minimum atomic E-state index is -3.84. The molecule has 0 saturated heterocycles. The van der Waals surface area contributed by atoms with Crippen molar-refractivity contribution >= 4 is 16.0 Å². The fraction of sp³-hybridized carbons (Fsp3) is 0.0833. The topological polar surface area (TPSA) is 133 Å². The summed E-state index contributed by atoms with van der Waals surface area (Å²) in [5, 5.41) is 18.7. The van der Waals surface area contributed by atoms with Crippen molar-refractivity contribution in [2.75, 3.05) is 7.11 Å². The lowest BCUT2D eigenvalue weighted by atomic mass is 9.93. The first-order valence-corrected chi connectivity index (χ1v) is 11.4. The summed E-state index contributed by atoms with van der Waals surface area (Å²) in [4.78, 5) is 11.4. The van der Waals surface area contributed by atoms with Gasteiger partial charge in [0.2, 0.25) is 10.0 Å². The molecule has 0 amide bonds. The Morgan fingerprint density at radius 1 is 1.03 bits per heavy atom. The molecule has 0 aliphatic rings. The number of benzene rings is 3. The largest absolute Gasteiger partial charge is 0.496 e. The van der Waals surface area contributed by atoms with E-state index in [0.717, 1.165) is 5.56 Å². The van der Waals surface area contributed by atoms with E-state index < -0.39 is 16.0 Å². The lowest BCUT2D eigenvalue weighted by molar-refractivity contribution is -0.136. The van der Waals surface area contributed by atoms with Gasteiger partial charge in [-0.2, -0.15) is 0 Å². The van der Waals surface area contributed by atoms with Gasteiger partial charge in [0.1, 0.15) is 11.4 Å². The van der Waals surface area contributed by atoms with Crippen LogP contribution in [0.2, 0.25) is 0 Å². The van der Waals surface area contributed by atoms with E-state index in [9.17, 15) is 18.3 Å². The average molecular weight is 464 g/mol. The number of carboxylic acid groups (broad SMARTS) is 1. The molecule has 0 atom stereocenters. The number of hydrogen-bond acceptors (Lipinski definition) is 6. The standard InChI is InChI=1S/C24H20N2O6S/c1-31-24-17(13-22(27)28)9-12-19(15-7-10-18(11-8-15)33(25,29)30)23(24)21-14-20(26-32-21)16-5-3-2-4-6-16/h2-12,14H,13H2,1H3,(H,27,28)(H2,25,29,30). The summed E-state index contributed by atoms with van der Waals surface area (Å²) in [5.74, 6) is -0.295. The lowest BCUT2D eigenvalue weighted by Crippen LogP contribution is -2.11. The molecule has 0 aliphatic carbocycles. The number of nitrogens with two attached hydrogens (primary N) is 1. The Balaban J connectivity index is 1.91. The Morgan fingerprint density at radius 3 is 2.33 bits per heavy atom. The van der Waals surface area contributed by atoms with Crippen molar-refractivity contribution in [3.05, 3.63) is 78.4 Å². The highest BCUT2D eigenvalue weighted by Crippen LogP contribution is 2.43. The molecule has 0 unspecified atom stereocenters. The molecule has 9 heteroatoms. The van der Waals surface area contributed by atoms with Gasteiger partial charge in [-0.05, 0) is 23.3 Å². The minimum absolute atomic E-state index is 0.0201. The van der Waals surface area contributed by atoms with Crippen LogP contribution in [0.1, 0.15) is 5.56 Å². The number of nitrogens with zero attached hydrogens (tertiary/aromatic N) is 1. The van der Waals surface area contributed by atoms with Gasteiger partial charge in [-0.1, -0.05) is 59.8 Å². The first-order chi connectivity index (χ1) is 15.8. The summed E-state index contributed by atoms with van der Waals surface area (Å²) in [6, 6.07) is 20.6. The SMILES string of the molecule is COc1c(CC(=O)O)ccc(-c2ccc(S(N)(=O)=O)cc2)c1-c1cc(-c2ccccc2)no1. The van der Waals surface area contributed by atoms with Crippen molar-refractivity contribution in [2.24, 2.45) is 5.14 Å².